The molecule has 1 unspecified atom stereocenters. The molecular formula is C20H33NSi2. The Hall–Kier alpha value is -0.906. The molecule has 0 saturated carbocycles. The molecule has 0 heterocycles. The number of nitrogens with one attached hydrogen (secondary N) is 1. The lowest BCUT2D eigenvalue weighted by Gasteiger charge is -2.38. The van der Waals surface area contributed by atoms with E-state index in [1.54, 1.807) is 10.8 Å². The van der Waals surface area contributed by atoms with Gasteiger partial charge in [-0.05, 0) is 31.0 Å². The van der Waals surface area contributed by atoms with Crippen LogP contribution in [0.15, 0.2) is 53.3 Å². The molecule has 0 fully saturated rings. The Balaban J connectivity index is 2.39. The van der Waals surface area contributed by atoms with Crippen molar-refractivity contribution in [3.63, 3.8) is 0 Å². The van der Waals surface area contributed by atoms with E-state index in [1.165, 1.54) is 30.9 Å². The quantitative estimate of drug-likeness (QED) is 0.501. The van der Waals surface area contributed by atoms with Crippen molar-refractivity contribution in [2.24, 2.45) is 0 Å². The zero-order chi connectivity index (χ0) is 16.9. The van der Waals surface area contributed by atoms with Crippen molar-refractivity contribution in [3.05, 3.63) is 53.3 Å². The van der Waals surface area contributed by atoms with Crippen LogP contribution in [0.3, 0.4) is 0 Å². The average molecular weight is 344 g/mol. The number of hydrogen-bond acceptors (Lipinski definition) is 1. The highest BCUT2D eigenvalue weighted by atomic mass is 28.4. The molecule has 3 heteroatoms. The van der Waals surface area contributed by atoms with Crippen LogP contribution < -0.4 is 9.83 Å². The molecule has 1 nitrogen and oxygen atoms in total. The molecule has 1 atom stereocenters. The van der Waals surface area contributed by atoms with Gasteiger partial charge >= 0.3 is 0 Å². The molecule has 0 spiro atoms. The molecule has 1 N–H and O–H groups in total. The molecule has 0 aromatic heterocycles. The first kappa shape index (κ1) is 18.4. The normalized spacial score (nSPS) is 17.6. The van der Waals surface area contributed by atoms with Crippen LogP contribution in [0.2, 0.25) is 26.2 Å². The molecule has 1 aromatic rings. The van der Waals surface area contributed by atoms with Gasteiger partial charge in [0.05, 0.1) is 0 Å². The standard InChI is InChI=1S/C20H33NSi2/c1-6-7-9-13-18-14-12-17-20(18)23(5,21-22(2,3)4)19-15-10-8-11-16-19/h8,10-12,14-16,21H,6-7,9,13,17H2,1-5H3. The van der Waals surface area contributed by atoms with E-state index < -0.39 is 16.5 Å². The Labute approximate surface area is 145 Å². The van der Waals surface area contributed by atoms with Crippen molar-refractivity contribution in [1.29, 1.82) is 0 Å². The highest BCUT2D eigenvalue weighted by molar-refractivity contribution is 7.02. The van der Waals surface area contributed by atoms with Crippen LogP contribution in [0.1, 0.15) is 39.0 Å². The van der Waals surface area contributed by atoms with E-state index in [-0.39, 0.29) is 0 Å². The van der Waals surface area contributed by atoms with E-state index in [1.807, 2.05) is 0 Å². The van der Waals surface area contributed by atoms with Gasteiger partial charge in [0.2, 0.25) is 0 Å². The highest BCUT2D eigenvalue weighted by Crippen LogP contribution is 2.30. The van der Waals surface area contributed by atoms with Gasteiger partial charge in [0, 0.05) is 0 Å². The van der Waals surface area contributed by atoms with Gasteiger partial charge in [-0.3, -0.25) is 0 Å². The third-order valence-corrected chi connectivity index (χ3v) is 12.9. The summed E-state index contributed by atoms with van der Waals surface area (Å²) in [5.74, 6) is 0. The Morgan fingerprint density at radius 3 is 2.30 bits per heavy atom. The van der Waals surface area contributed by atoms with Crippen LogP contribution in [-0.2, 0) is 0 Å². The highest BCUT2D eigenvalue weighted by Gasteiger charge is 2.39. The molecule has 1 aliphatic carbocycles. The predicted molar refractivity (Wildman–Crippen MR) is 109 cm³/mol. The molecule has 1 aliphatic rings. The van der Waals surface area contributed by atoms with Gasteiger partial charge in [-0.1, -0.05) is 92.7 Å². The van der Waals surface area contributed by atoms with E-state index in [0.29, 0.717) is 0 Å². The maximum Gasteiger partial charge on any atom is 0.176 e. The van der Waals surface area contributed by atoms with Crippen LogP contribution in [-0.4, -0.2) is 16.5 Å². The summed E-state index contributed by atoms with van der Waals surface area (Å²) >= 11 is 0. The minimum Gasteiger partial charge on any atom is -0.353 e. The molecule has 0 amide bonds. The number of benzene rings is 1. The number of unbranched alkanes of at least 4 members (excludes halogenated alkanes) is 2. The first-order chi connectivity index (χ1) is 10.9. The largest absolute Gasteiger partial charge is 0.353 e. The topological polar surface area (TPSA) is 12.0 Å². The molecular weight excluding hydrogens is 310 g/mol. The second-order valence-electron chi connectivity index (χ2n) is 7.93. The van der Waals surface area contributed by atoms with Crippen LogP contribution in [0.5, 0.6) is 0 Å². The van der Waals surface area contributed by atoms with Gasteiger partial charge in [-0.25, -0.2) is 0 Å². The Kier molecular flexibility index (Phi) is 6.23. The summed E-state index contributed by atoms with van der Waals surface area (Å²) in [4.78, 5) is 0. The molecule has 0 radical (unpaired) electrons. The summed E-state index contributed by atoms with van der Waals surface area (Å²) < 4.78 is 4.19. The Bertz CT molecular complexity index is 569. The van der Waals surface area contributed by atoms with E-state index in [0.717, 1.165) is 6.42 Å². The Morgan fingerprint density at radius 2 is 1.70 bits per heavy atom. The fraction of sp³-hybridized carbons (Fsp3) is 0.500. The smallest absolute Gasteiger partial charge is 0.176 e. The van der Waals surface area contributed by atoms with Crippen molar-refractivity contribution < 1.29 is 0 Å². The van der Waals surface area contributed by atoms with Crippen molar-refractivity contribution >= 4 is 21.7 Å². The Morgan fingerprint density at radius 1 is 1.00 bits per heavy atom. The SMILES string of the molecule is CCCCCC1=C([Si](C)(N[Si](C)(C)C)c2ccccc2)CC=C1. The summed E-state index contributed by atoms with van der Waals surface area (Å²) in [5, 5.41) is 3.26. The van der Waals surface area contributed by atoms with Gasteiger partial charge < -0.3 is 4.65 Å². The monoisotopic (exact) mass is 343 g/mol. The second-order valence-corrected chi connectivity index (χ2v) is 16.9. The second kappa shape index (κ2) is 7.78. The number of allylic oxidation sites excluding steroid dienone is 4. The zero-order valence-electron chi connectivity index (χ0n) is 15.6. The first-order valence-electron chi connectivity index (χ1n) is 9.11. The number of hydrogen-bond donors (Lipinski definition) is 1. The van der Waals surface area contributed by atoms with E-state index in [9.17, 15) is 0 Å². The maximum absolute atomic E-state index is 4.19. The molecule has 1 aromatic carbocycles. The summed E-state index contributed by atoms with van der Waals surface area (Å²) in [5.41, 5.74) is 1.63. The van der Waals surface area contributed by atoms with Crippen molar-refractivity contribution in [1.82, 2.24) is 4.65 Å². The van der Waals surface area contributed by atoms with Gasteiger partial charge in [0.25, 0.3) is 0 Å². The third kappa shape index (κ3) is 4.78. The fourth-order valence-electron chi connectivity index (χ4n) is 3.72. The van der Waals surface area contributed by atoms with Crippen LogP contribution in [0.4, 0.5) is 0 Å². The van der Waals surface area contributed by atoms with E-state index in [4.69, 9.17) is 0 Å². The lowest BCUT2D eigenvalue weighted by molar-refractivity contribution is 0.718. The van der Waals surface area contributed by atoms with Gasteiger partial charge in [-0.2, -0.15) is 0 Å². The predicted octanol–water partition coefficient (Wildman–Crippen LogP) is 5.27. The number of rotatable bonds is 8. The lowest BCUT2D eigenvalue weighted by atomic mass is 10.1. The van der Waals surface area contributed by atoms with E-state index >= 15 is 0 Å². The third-order valence-electron chi connectivity index (χ3n) is 4.66. The average Bonchev–Trinajstić information content (AvgIpc) is 2.96. The van der Waals surface area contributed by atoms with Crippen LogP contribution in [0, 0.1) is 0 Å². The fourth-order valence-corrected chi connectivity index (χ4v) is 13.5. The maximum atomic E-state index is 4.19. The van der Waals surface area contributed by atoms with E-state index in [2.05, 4.69) is 80.2 Å². The molecule has 2 rings (SSSR count). The molecule has 0 saturated heterocycles. The van der Waals surface area contributed by atoms with Crippen LogP contribution >= 0.6 is 0 Å². The summed E-state index contributed by atoms with van der Waals surface area (Å²) in [6.45, 7) is 12.1. The van der Waals surface area contributed by atoms with Crippen LogP contribution in [0.25, 0.3) is 0 Å². The lowest BCUT2D eigenvalue weighted by Crippen LogP contribution is -2.67. The summed E-state index contributed by atoms with van der Waals surface area (Å²) in [6, 6.07) is 11.2. The minimum atomic E-state index is -1.82. The zero-order valence-corrected chi connectivity index (χ0v) is 17.6. The van der Waals surface area contributed by atoms with Crippen molar-refractivity contribution in [2.45, 2.75) is 65.2 Å². The summed E-state index contributed by atoms with van der Waals surface area (Å²) in [7, 11) is -3.18. The summed E-state index contributed by atoms with van der Waals surface area (Å²) in [6.07, 6.45) is 11.2. The van der Waals surface area contributed by atoms with Gasteiger partial charge in [0.1, 0.15) is 8.24 Å². The minimum absolute atomic E-state index is 1.15. The molecule has 0 bridgehead atoms. The van der Waals surface area contributed by atoms with Gasteiger partial charge in [-0.15, -0.1) is 0 Å². The van der Waals surface area contributed by atoms with Gasteiger partial charge in [0.15, 0.2) is 8.24 Å². The molecule has 126 valence electrons. The molecule has 0 aliphatic heterocycles. The first-order valence-corrected chi connectivity index (χ1v) is 15.1. The van der Waals surface area contributed by atoms with Crippen molar-refractivity contribution in [2.75, 3.05) is 0 Å². The van der Waals surface area contributed by atoms with Crippen molar-refractivity contribution in [3.8, 4) is 0 Å². The molecule has 23 heavy (non-hydrogen) atoms.